The SMILES string of the molecule is COc1ccc(C(CC(=O)NCCN(C)C)c2oc(C)cc(=O)c2O)cc1. The van der Waals surface area contributed by atoms with Crippen LogP contribution in [0.25, 0.3) is 0 Å². The van der Waals surface area contributed by atoms with Gasteiger partial charge in [0.15, 0.2) is 5.76 Å². The van der Waals surface area contributed by atoms with Crippen LogP contribution in [0.5, 0.6) is 11.5 Å². The molecule has 7 nitrogen and oxygen atoms in total. The second-order valence-corrected chi connectivity index (χ2v) is 6.62. The summed E-state index contributed by atoms with van der Waals surface area (Å²) in [5.74, 6) is -0.123. The van der Waals surface area contributed by atoms with Crippen LogP contribution in [0.3, 0.4) is 0 Å². The van der Waals surface area contributed by atoms with Crippen molar-refractivity contribution in [2.75, 3.05) is 34.3 Å². The highest BCUT2D eigenvalue weighted by atomic mass is 16.5. The zero-order valence-corrected chi connectivity index (χ0v) is 16.1. The standard InChI is InChI=1S/C20H26N2O5/c1-13-11-17(23)19(25)20(27-13)16(12-18(24)21-9-10-22(2)3)14-5-7-15(26-4)8-6-14/h5-8,11,16,25H,9-10,12H2,1-4H3,(H,21,24). The first kappa shape index (κ1) is 20.5. The zero-order chi connectivity index (χ0) is 20.0. The fourth-order valence-corrected chi connectivity index (χ4v) is 2.74. The highest BCUT2D eigenvalue weighted by Gasteiger charge is 2.25. The molecule has 1 aromatic carbocycles. The van der Waals surface area contributed by atoms with E-state index in [1.807, 2.05) is 19.0 Å². The number of nitrogens with one attached hydrogen (secondary N) is 1. The van der Waals surface area contributed by atoms with Crippen LogP contribution in [-0.4, -0.2) is 50.2 Å². The maximum atomic E-state index is 12.4. The Kier molecular flexibility index (Phi) is 7.01. The minimum absolute atomic E-state index is 0.0414. The monoisotopic (exact) mass is 374 g/mol. The number of methoxy groups -OCH3 is 1. The van der Waals surface area contributed by atoms with Gasteiger partial charge in [0, 0.05) is 25.6 Å². The summed E-state index contributed by atoms with van der Waals surface area (Å²) in [6.07, 6.45) is 0.0414. The number of carbonyl (C=O) groups is 1. The van der Waals surface area contributed by atoms with E-state index >= 15 is 0 Å². The lowest BCUT2D eigenvalue weighted by Gasteiger charge is -2.18. The van der Waals surface area contributed by atoms with Gasteiger partial charge in [0.05, 0.1) is 13.0 Å². The molecule has 0 aliphatic rings. The molecule has 0 spiro atoms. The first-order chi connectivity index (χ1) is 12.8. The molecule has 146 valence electrons. The van der Waals surface area contributed by atoms with Crippen LogP contribution in [0.1, 0.15) is 29.4 Å². The fraction of sp³-hybridized carbons (Fsp3) is 0.400. The van der Waals surface area contributed by atoms with Crippen LogP contribution in [0, 0.1) is 6.92 Å². The lowest BCUT2D eigenvalue weighted by molar-refractivity contribution is -0.121. The molecule has 0 aliphatic heterocycles. The van der Waals surface area contributed by atoms with Crippen molar-refractivity contribution >= 4 is 5.91 Å². The van der Waals surface area contributed by atoms with Crippen LogP contribution in [0.15, 0.2) is 39.5 Å². The summed E-state index contributed by atoms with van der Waals surface area (Å²) in [5, 5.41) is 13.1. The predicted octanol–water partition coefficient (Wildman–Crippen LogP) is 1.86. The van der Waals surface area contributed by atoms with Crippen molar-refractivity contribution in [1.29, 1.82) is 0 Å². The second kappa shape index (κ2) is 9.23. The molecule has 0 saturated heterocycles. The van der Waals surface area contributed by atoms with Crippen LogP contribution < -0.4 is 15.5 Å². The molecule has 0 aliphatic carbocycles. The van der Waals surface area contributed by atoms with E-state index in [9.17, 15) is 14.7 Å². The zero-order valence-electron chi connectivity index (χ0n) is 16.1. The maximum Gasteiger partial charge on any atom is 0.227 e. The molecule has 1 heterocycles. The van der Waals surface area contributed by atoms with Crippen molar-refractivity contribution in [2.24, 2.45) is 0 Å². The van der Waals surface area contributed by atoms with Gasteiger partial charge in [-0.25, -0.2) is 0 Å². The van der Waals surface area contributed by atoms with E-state index < -0.39 is 17.1 Å². The van der Waals surface area contributed by atoms with Crippen molar-refractivity contribution < 1.29 is 19.1 Å². The Morgan fingerprint density at radius 3 is 2.56 bits per heavy atom. The molecule has 1 amide bonds. The van der Waals surface area contributed by atoms with Gasteiger partial charge in [-0.2, -0.15) is 0 Å². The van der Waals surface area contributed by atoms with Gasteiger partial charge in [0.25, 0.3) is 0 Å². The third-order valence-corrected chi connectivity index (χ3v) is 4.18. The quantitative estimate of drug-likeness (QED) is 0.733. The number of aryl methyl sites for hydroxylation is 1. The number of hydrogen-bond acceptors (Lipinski definition) is 6. The molecule has 0 saturated carbocycles. The number of hydrogen-bond donors (Lipinski definition) is 2. The Hall–Kier alpha value is -2.80. The number of likely N-dealkylation sites (N-methyl/N-ethyl adjacent to an activating group) is 1. The molecule has 2 rings (SSSR count). The average Bonchev–Trinajstić information content (AvgIpc) is 2.62. The lowest BCUT2D eigenvalue weighted by atomic mass is 9.91. The Labute approximate surface area is 158 Å². The molecule has 27 heavy (non-hydrogen) atoms. The summed E-state index contributed by atoms with van der Waals surface area (Å²) in [7, 11) is 5.41. The van der Waals surface area contributed by atoms with E-state index in [0.29, 0.717) is 24.6 Å². The van der Waals surface area contributed by atoms with Crippen molar-refractivity contribution in [2.45, 2.75) is 19.3 Å². The molecular weight excluding hydrogens is 348 g/mol. The largest absolute Gasteiger partial charge is 0.502 e. The number of amides is 1. The summed E-state index contributed by atoms with van der Waals surface area (Å²) < 4.78 is 10.8. The molecule has 7 heteroatoms. The van der Waals surface area contributed by atoms with Gasteiger partial charge < -0.3 is 24.5 Å². The third-order valence-electron chi connectivity index (χ3n) is 4.18. The molecule has 2 aromatic rings. The van der Waals surface area contributed by atoms with Crippen molar-refractivity contribution in [3.63, 3.8) is 0 Å². The summed E-state index contributed by atoms with van der Waals surface area (Å²) in [4.78, 5) is 26.4. The van der Waals surface area contributed by atoms with Crippen molar-refractivity contribution in [1.82, 2.24) is 10.2 Å². The number of aromatic hydroxyl groups is 1. The molecule has 0 bridgehead atoms. The molecular formula is C20H26N2O5. The maximum absolute atomic E-state index is 12.4. The number of ether oxygens (including phenoxy) is 1. The summed E-state index contributed by atoms with van der Waals surface area (Å²) in [6, 6.07) is 8.33. The summed E-state index contributed by atoms with van der Waals surface area (Å²) >= 11 is 0. The van der Waals surface area contributed by atoms with E-state index in [1.165, 1.54) is 6.07 Å². The number of rotatable bonds is 8. The Morgan fingerprint density at radius 2 is 1.96 bits per heavy atom. The predicted molar refractivity (Wildman–Crippen MR) is 102 cm³/mol. The van der Waals surface area contributed by atoms with Crippen molar-refractivity contribution in [3.05, 3.63) is 57.6 Å². The Morgan fingerprint density at radius 1 is 1.30 bits per heavy atom. The number of carbonyl (C=O) groups excluding carboxylic acids is 1. The third kappa shape index (κ3) is 5.59. The van der Waals surface area contributed by atoms with Gasteiger partial charge in [-0.1, -0.05) is 12.1 Å². The first-order valence-electron chi connectivity index (χ1n) is 8.70. The highest BCUT2D eigenvalue weighted by Crippen LogP contribution is 2.33. The normalized spacial score (nSPS) is 12.0. The van der Waals surface area contributed by atoms with Crippen LogP contribution >= 0.6 is 0 Å². The summed E-state index contributed by atoms with van der Waals surface area (Å²) in [6.45, 7) is 2.85. The second-order valence-electron chi connectivity index (χ2n) is 6.62. The number of benzene rings is 1. The molecule has 0 fully saturated rings. The summed E-state index contributed by atoms with van der Waals surface area (Å²) in [5.41, 5.74) is 0.211. The molecule has 1 atom stereocenters. The van der Waals surface area contributed by atoms with Gasteiger partial charge in [-0.3, -0.25) is 9.59 Å². The smallest absolute Gasteiger partial charge is 0.227 e. The van der Waals surface area contributed by atoms with Crippen LogP contribution in [0.4, 0.5) is 0 Å². The van der Waals surface area contributed by atoms with Crippen molar-refractivity contribution in [3.8, 4) is 11.5 Å². The van der Waals surface area contributed by atoms with Gasteiger partial charge in [0.2, 0.25) is 17.1 Å². The van der Waals surface area contributed by atoms with Gasteiger partial charge in [0.1, 0.15) is 11.5 Å². The minimum Gasteiger partial charge on any atom is -0.502 e. The average molecular weight is 374 g/mol. The molecule has 2 N–H and O–H groups in total. The fourth-order valence-electron chi connectivity index (χ4n) is 2.74. The van der Waals surface area contributed by atoms with E-state index in [-0.39, 0.29) is 18.1 Å². The van der Waals surface area contributed by atoms with E-state index in [2.05, 4.69) is 5.32 Å². The Balaban J connectivity index is 2.34. The van der Waals surface area contributed by atoms with E-state index in [1.54, 1.807) is 38.3 Å². The van der Waals surface area contributed by atoms with Crippen LogP contribution in [-0.2, 0) is 4.79 Å². The first-order valence-corrected chi connectivity index (χ1v) is 8.70. The molecule has 1 aromatic heterocycles. The lowest BCUT2D eigenvalue weighted by Crippen LogP contribution is -2.32. The van der Waals surface area contributed by atoms with Gasteiger partial charge >= 0.3 is 0 Å². The van der Waals surface area contributed by atoms with Crippen LogP contribution in [0.2, 0.25) is 0 Å². The van der Waals surface area contributed by atoms with E-state index in [4.69, 9.17) is 9.15 Å². The van der Waals surface area contributed by atoms with Gasteiger partial charge in [-0.05, 0) is 38.7 Å². The molecule has 0 radical (unpaired) electrons. The van der Waals surface area contributed by atoms with Gasteiger partial charge in [-0.15, -0.1) is 0 Å². The molecule has 1 unspecified atom stereocenters. The number of nitrogens with zero attached hydrogens (tertiary/aromatic N) is 1. The minimum atomic E-state index is -0.595. The topological polar surface area (TPSA) is 92.0 Å². The highest BCUT2D eigenvalue weighted by molar-refractivity contribution is 5.77. The van der Waals surface area contributed by atoms with E-state index in [0.717, 1.165) is 5.56 Å². The Bertz CT molecular complexity index is 827.